The van der Waals surface area contributed by atoms with Crippen LogP contribution in [0.5, 0.6) is 0 Å². The van der Waals surface area contributed by atoms with Gasteiger partial charge in [-0.3, -0.25) is 0 Å². The van der Waals surface area contributed by atoms with E-state index >= 15 is 0 Å². The zero-order valence-corrected chi connectivity index (χ0v) is 31.8. The van der Waals surface area contributed by atoms with E-state index in [1.807, 2.05) is 11.3 Å². The first-order valence-corrected chi connectivity index (χ1v) is 20.9. The number of anilines is 6. The monoisotopic (exact) mass is 728 g/mol. The average Bonchev–Trinajstić information content (AvgIpc) is 3.60. The Morgan fingerprint density at radius 3 is 1.35 bits per heavy atom. The van der Waals surface area contributed by atoms with E-state index in [0.29, 0.717) is 5.41 Å². The van der Waals surface area contributed by atoms with Gasteiger partial charge in [-0.25, -0.2) is 0 Å². The molecule has 0 radical (unpaired) electrons. The number of benzene rings is 7. The van der Waals surface area contributed by atoms with Crippen molar-refractivity contribution < 1.29 is 0 Å². The van der Waals surface area contributed by atoms with Crippen LogP contribution in [0.15, 0.2) is 176 Å². The smallest absolute Gasteiger partial charge is 0.0476 e. The zero-order valence-electron chi connectivity index (χ0n) is 31.0. The highest BCUT2D eigenvalue weighted by molar-refractivity contribution is 7.25. The third-order valence-electron chi connectivity index (χ3n) is 13.0. The van der Waals surface area contributed by atoms with Crippen LogP contribution in [0.1, 0.15) is 44.1 Å². The van der Waals surface area contributed by atoms with E-state index < -0.39 is 0 Å². The molecule has 4 bridgehead atoms. The van der Waals surface area contributed by atoms with E-state index in [9.17, 15) is 0 Å². The molecule has 1 heterocycles. The second kappa shape index (κ2) is 13.3. The lowest BCUT2D eigenvalue weighted by molar-refractivity contribution is -0.00518. The topological polar surface area (TPSA) is 6.48 Å². The Bertz CT molecular complexity index is 2570. The summed E-state index contributed by atoms with van der Waals surface area (Å²) in [6.45, 7) is 0. The molecule has 4 saturated carbocycles. The van der Waals surface area contributed by atoms with E-state index in [0.717, 1.165) is 34.8 Å². The fraction of sp³-hybridized carbons (Fsp3) is 0.192. The number of hydrogen-bond acceptors (Lipinski definition) is 3. The number of para-hydroxylation sites is 2. The molecule has 268 valence electrons. The lowest BCUT2D eigenvalue weighted by Crippen LogP contribution is -2.48. The molecule has 0 unspecified atom stereocenters. The minimum Gasteiger partial charge on any atom is -0.311 e. The third-order valence-corrected chi connectivity index (χ3v) is 14.1. The van der Waals surface area contributed by atoms with Crippen LogP contribution in [0.25, 0.3) is 31.3 Å². The van der Waals surface area contributed by atoms with Crippen molar-refractivity contribution in [3.05, 3.63) is 181 Å². The summed E-state index contributed by atoms with van der Waals surface area (Å²) in [4.78, 5) is 4.77. The molecule has 0 aliphatic heterocycles. The summed E-state index contributed by atoms with van der Waals surface area (Å²) in [5.41, 5.74) is 11.4. The number of rotatable bonds is 8. The van der Waals surface area contributed by atoms with Crippen molar-refractivity contribution in [2.75, 3.05) is 9.80 Å². The first kappa shape index (κ1) is 32.8. The van der Waals surface area contributed by atoms with Crippen LogP contribution in [0.2, 0.25) is 0 Å². The molecule has 0 N–H and O–H groups in total. The van der Waals surface area contributed by atoms with Crippen LogP contribution in [-0.4, -0.2) is 0 Å². The second-order valence-electron chi connectivity index (χ2n) is 16.5. The first-order chi connectivity index (χ1) is 27.2. The summed E-state index contributed by atoms with van der Waals surface area (Å²) in [5.74, 6) is 2.85. The van der Waals surface area contributed by atoms with Gasteiger partial charge in [0.15, 0.2) is 0 Å². The van der Waals surface area contributed by atoms with Crippen LogP contribution in [-0.2, 0) is 5.41 Å². The minimum atomic E-state index is 0.410. The third kappa shape index (κ3) is 5.84. The fourth-order valence-corrected chi connectivity index (χ4v) is 12.1. The van der Waals surface area contributed by atoms with Gasteiger partial charge in [0.1, 0.15) is 0 Å². The lowest BCUT2D eigenvalue weighted by atomic mass is 9.48. The van der Waals surface area contributed by atoms with Gasteiger partial charge in [0.2, 0.25) is 0 Å². The Labute approximate surface area is 328 Å². The molecule has 3 heteroatoms. The maximum atomic E-state index is 2.47. The summed E-state index contributed by atoms with van der Waals surface area (Å²) in [6, 6.07) is 64.9. The van der Waals surface area contributed by atoms with Crippen LogP contribution in [0, 0.1) is 17.8 Å². The van der Waals surface area contributed by atoms with Gasteiger partial charge in [0.05, 0.1) is 0 Å². The lowest BCUT2D eigenvalue weighted by Gasteiger charge is -2.57. The molecule has 12 rings (SSSR count). The number of hydrogen-bond donors (Lipinski definition) is 0. The fourth-order valence-electron chi connectivity index (χ4n) is 10.9. The highest BCUT2D eigenvalue weighted by Gasteiger charge is 2.51. The molecule has 7 aromatic carbocycles. The minimum absolute atomic E-state index is 0.410. The van der Waals surface area contributed by atoms with E-state index in [4.69, 9.17) is 0 Å². The van der Waals surface area contributed by atoms with Crippen LogP contribution in [0.4, 0.5) is 34.1 Å². The Balaban J connectivity index is 0.892. The van der Waals surface area contributed by atoms with Crippen molar-refractivity contribution in [1.82, 2.24) is 0 Å². The van der Waals surface area contributed by atoms with Crippen LogP contribution < -0.4 is 9.80 Å². The van der Waals surface area contributed by atoms with Gasteiger partial charge >= 0.3 is 0 Å². The first-order valence-electron chi connectivity index (χ1n) is 20.1. The quantitative estimate of drug-likeness (QED) is 0.154. The molecule has 2 nitrogen and oxygen atoms in total. The zero-order chi connectivity index (χ0) is 36.3. The van der Waals surface area contributed by atoms with Gasteiger partial charge in [-0.1, -0.05) is 97.1 Å². The van der Waals surface area contributed by atoms with Crippen molar-refractivity contribution in [2.45, 2.75) is 43.9 Å². The standard InChI is InChI=1S/C52H44N2S/c1-3-9-42(10-4-1)53(46-25-19-41(20-26-46)52-33-36-29-37(34-52)31-38(30-36)35-52)44-21-15-39(16-22-44)40-17-23-45(24-18-40)54(43-11-5-2-6-12-43)47-27-28-49-48-13-7-8-14-50(48)55-51(49)32-47/h1-28,32,36-38H,29-31,33-35H2. The highest BCUT2D eigenvalue weighted by Crippen LogP contribution is 2.61. The van der Waals surface area contributed by atoms with Crippen LogP contribution in [0.3, 0.4) is 0 Å². The van der Waals surface area contributed by atoms with E-state index in [1.54, 1.807) is 5.56 Å². The number of thiophene rings is 1. The molecule has 0 spiro atoms. The molecule has 0 saturated heterocycles. The van der Waals surface area contributed by atoms with E-state index in [2.05, 4.69) is 186 Å². The Morgan fingerprint density at radius 1 is 0.382 bits per heavy atom. The maximum absolute atomic E-state index is 2.47. The van der Waals surface area contributed by atoms with E-state index in [-0.39, 0.29) is 0 Å². The molecule has 4 aliphatic rings. The normalized spacial score (nSPS) is 21.3. The summed E-state index contributed by atoms with van der Waals surface area (Å²) >= 11 is 1.86. The predicted octanol–water partition coefficient (Wildman–Crippen LogP) is 15.1. The SMILES string of the molecule is c1ccc(N(c2ccc(-c3ccc(N(c4ccccc4)c4ccc5c(c4)sc4ccccc45)cc3)cc2)c2ccc(C34CC5CC(CC(C5)C3)C4)cc2)cc1. The summed E-state index contributed by atoms with van der Waals surface area (Å²) in [7, 11) is 0. The van der Waals surface area contributed by atoms with E-state index in [1.165, 1.54) is 86.9 Å². The molecule has 1 aromatic heterocycles. The van der Waals surface area contributed by atoms with Gasteiger partial charge in [-0.15, -0.1) is 11.3 Å². The molecule has 0 amide bonds. The highest BCUT2D eigenvalue weighted by atomic mass is 32.1. The average molecular weight is 729 g/mol. The number of nitrogens with zero attached hydrogens (tertiary/aromatic N) is 2. The maximum Gasteiger partial charge on any atom is 0.0476 e. The van der Waals surface area contributed by atoms with Gasteiger partial charge in [-0.2, -0.15) is 0 Å². The number of fused-ring (bicyclic) bond motifs is 3. The van der Waals surface area contributed by atoms with Crippen molar-refractivity contribution >= 4 is 65.6 Å². The molecule has 0 atom stereocenters. The van der Waals surface area contributed by atoms with Gasteiger partial charge in [-0.05, 0) is 157 Å². The Morgan fingerprint density at radius 2 is 0.800 bits per heavy atom. The van der Waals surface area contributed by atoms with Crippen molar-refractivity contribution in [3.63, 3.8) is 0 Å². The predicted molar refractivity (Wildman–Crippen MR) is 234 cm³/mol. The molecule has 4 aliphatic carbocycles. The molecule has 8 aromatic rings. The van der Waals surface area contributed by atoms with Crippen molar-refractivity contribution in [3.8, 4) is 11.1 Å². The Kier molecular flexibility index (Phi) is 7.91. The van der Waals surface area contributed by atoms with Gasteiger partial charge < -0.3 is 9.80 Å². The van der Waals surface area contributed by atoms with Crippen molar-refractivity contribution in [1.29, 1.82) is 0 Å². The summed E-state index contributed by atoms with van der Waals surface area (Å²) in [5, 5.41) is 2.64. The molecule has 4 fully saturated rings. The van der Waals surface area contributed by atoms with Crippen molar-refractivity contribution in [2.24, 2.45) is 17.8 Å². The second-order valence-corrected chi connectivity index (χ2v) is 17.5. The largest absolute Gasteiger partial charge is 0.311 e. The Hall–Kier alpha value is -5.64. The summed E-state index contributed by atoms with van der Waals surface area (Å²) in [6.07, 6.45) is 8.64. The van der Waals surface area contributed by atoms with Crippen LogP contribution >= 0.6 is 11.3 Å². The molecule has 55 heavy (non-hydrogen) atoms. The van der Waals surface area contributed by atoms with Gasteiger partial charge in [0.25, 0.3) is 0 Å². The van der Waals surface area contributed by atoms with Gasteiger partial charge in [0, 0.05) is 54.3 Å². The molecular weight excluding hydrogens is 685 g/mol. The molecular formula is C52H44N2S. The summed E-state index contributed by atoms with van der Waals surface area (Å²) < 4.78 is 2.63.